The van der Waals surface area contributed by atoms with E-state index in [9.17, 15) is 0 Å². The minimum Gasteiger partial charge on any atom is -0.383 e. The Hall–Kier alpha value is -1.76. The Bertz CT molecular complexity index is 633. The predicted molar refractivity (Wildman–Crippen MR) is 92.8 cm³/mol. The van der Waals surface area contributed by atoms with Gasteiger partial charge in [0.25, 0.3) is 0 Å². The highest BCUT2D eigenvalue weighted by Gasteiger charge is 2.25. The third-order valence-corrected chi connectivity index (χ3v) is 4.68. The van der Waals surface area contributed by atoms with Gasteiger partial charge in [-0.25, -0.2) is 0 Å². The number of rotatable bonds is 6. The Morgan fingerprint density at radius 2 is 1.88 bits per heavy atom. The van der Waals surface area contributed by atoms with Gasteiger partial charge in [-0.2, -0.15) is 4.98 Å². The highest BCUT2D eigenvalue weighted by Crippen LogP contribution is 2.23. The van der Waals surface area contributed by atoms with E-state index in [1.807, 2.05) is 12.1 Å². The van der Waals surface area contributed by atoms with Gasteiger partial charge in [0.2, 0.25) is 11.7 Å². The summed E-state index contributed by atoms with van der Waals surface area (Å²) in [7, 11) is 1.75. The number of piperazine rings is 1. The van der Waals surface area contributed by atoms with E-state index in [4.69, 9.17) is 9.26 Å². The number of hydrogen-bond acceptors (Lipinski definition) is 6. The van der Waals surface area contributed by atoms with Gasteiger partial charge in [0, 0.05) is 45.4 Å². The number of methoxy groups -OCH3 is 1. The zero-order chi connectivity index (χ0) is 16.9. The number of benzene rings is 1. The molecule has 1 aromatic heterocycles. The molecule has 1 aliphatic rings. The molecule has 0 radical (unpaired) electrons. The summed E-state index contributed by atoms with van der Waals surface area (Å²) in [5.74, 6) is 1.35. The minimum atomic E-state index is 0.140. The highest BCUT2D eigenvalue weighted by atomic mass is 16.5. The lowest BCUT2D eigenvalue weighted by atomic mass is 10.1. The van der Waals surface area contributed by atoms with Crippen LogP contribution < -0.4 is 0 Å². The van der Waals surface area contributed by atoms with Gasteiger partial charge in [-0.05, 0) is 13.8 Å². The van der Waals surface area contributed by atoms with Crippen molar-refractivity contribution >= 4 is 0 Å². The zero-order valence-electron chi connectivity index (χ0n) is 14.7. The lowest BCUT2D eigenvalue weighted by Crippen LogP contribution is -2.47. The van der Waals surface area contributed by atoms with Crippen molar-refractivity contribution < 1.29 is 9.26 Å². The second-order valence-corrected chi connectivity index (χ2v) is 6.37. The van der Waals surface area contributed by atoms with Crippen molar-refractivity contribution in [1.29, 1.82) is 0 Å². The molecule has 1 fully saturated rings. The summed E-state index contributed by atoms with van der Waals surface area (Å²) in [5.41, 5.74) is 2.22. The van der Waals surface area contributed by atoms with Crippen LogP contribution in [0.25, 0.3) is 11.4 Å². The maximum Gasteiger partial charge on any atom is 0.244 e. The Labute approximate surface area is 143 Å². The molecule has 24 heavy (non-hydrogen) atoms. The van der Waals surface area contributed by atoms with Crippen LogP contribution >= 0.6 is 0 Å². The van der Waals surface area contributed by atoms with E-state index >= 15 is 0 Å². The number of hydrogen-bond donors (Lipinski definition) is 0. The summed E-state index contributed by atoms with van der Waals surface area (Å²) in [5, 5.41) is 4.15. The molecule has 1 atom stereocenters. The lowest BCUT2D eigenvalue weighted by molar-refractivity contribution is 0.0697. The smallest absolute Gasteiger partial charge is 0.244 e. The Morgan fingerprint density at radius 1 is 1.17 bits per heavy atom. The molecule has 0 spiro atoms. The number of nitrogens with zero attached hydrogens (tertiary/aromatic N) is 4. The maximum atomic E-state index is 5.52. The molecular weight excluding hydrogens is 304 g/mol. The highest BCUT2D eigenvalue weighted by molar-refractivity contribution is 5.54. The molecular formula is C18H26N4O2. The summed E-state index contributed by atoms with van der Waals surface area (Å²) in [4.78, 5) is 9.43. The summed E-state index contributed by atoms with van der Waals surface area (Å²) in [6.45, 7) is 10.1. The number of aromatic nitrogens is 2. The molecule has 1 aliphatic heterocycles. The van der Waals surface area contributed by atoms with E-state index in [0.717, 1.165) is 44.9 Å². The van der Waals surface area contributed by atoms with Gasteiger partial charge in [-0.1, -0.05) is 35.0 Å². The molecule has 1 saturated heterocycles. The van der Waals surface area contributed by atoms with Crippen LogP contribution in [-0.4, -0.2) is 66.4 Å². The average molecular weight is 330 g/mol. The molecule has 0 bridgehead atoms. The van der Waals surface area contributed by atoms with Gasteiger partial charge in [0.1, 0.15) is 0 Å². The van der Waals surface area contributed by atoms with Crippen LogP contribution in [0.1, 0.15) is 24.4 Å². The van der Waals surface area contributed by atoms with Crippen LogP contribution in [0.3, 0.4) is 0 Å². The van der Waals surface area contributed by atoms with Gasteiger partial charge in [-0.15, -0.1) is 0 Å². The van der Waals surface area contributed by atoms with Crippen LogP contribution in [0.15, 0.2) is 28.8 Å². The molecule has 1 unspecified atom stereocenters. The molecule has 0 aliphatic carbocycles. The van der Waals surface area contributed by atoms with Crippen LogP contribution in [0.4, 0.5) is 0 Å². The number of aryl methyl sites for hydroxylation is 1. The first-order valence-electron chi connectivity index (χ1n) is 8.53. The van der Waals surface area contributed by atoms with Gasteiger partial charge in [-0.3, -0.25) is 9.80 Å². The van der Waals surface area contributed by atoms with Crippen molar-refractivity contribution in [3.63, 3.8) is 0 Å². The predicted octanol–water partition coefficient (Wildman–Crippen LogP) is 2.37. The molecule has 6 heteroatoms. The fraction of sp³-hybridized carbons (Fsp3) is 0.556. The molecule has 2 aromatic rings. The van der Waals surface area contributed by atoms with Crippen molar-refractivity contribution in [1.82, 2.24) is 19.9 Å². The third-order valence-electron chi connectivity index (χ3n) is 4.68. The Kier molecular flexibility index (Phi) is 5.60. The molecule has 0 N–H and O–H groups in total. The van der Waals surface area contributed by atoms with Gasteiger partial charge in [0.05, 0.1) is 12.6 Å². The van der Waals surface area contributed by atoms with Crippen molar-refractivity contribution in [2.75, 3.05) is 46.4 Å². The second kappa shape index (κ2) is 7.88. The normalized spacial score (nSPS) is 18.0. The van der Waals surface area contributed by atoms with E-state index in [-0.39, 0.29) is 6.04 Å². The molecule has 1 aromatic carbocycles. The first kappa shape index (κ1) is 17.1. The SMILES string of the molecule is COCCN1CCN(C(C)c2nc(-c3ccc(C)cc3)no2)CC1. The van der Waals surface area contributed by atoms with E-state index in [2.05, 4.69) is 45.9 Å². The monoisotopic (exact) mass is 330 g/mol. The molecule has 2 heterocycles. The van der Waals surface area contributed by atoms with Crippen molar-refractivity contribution in [2.45, 2.75) is 19.9 Å². The topological polar surface area (TPSA) is 54.6 Å². The molecule has 130 valence electrons. The average Bonchev–Trinajstić information content (AvgIpc) is 3.10. The van der Waals surface area contributed by atoms with Crippen molar-refractivity contribution in [3.05, 3.63) is 35.7 Å². The van der Waals surface area contributed by atoms with E-state index in [1.54, 1.807) is 7.11 Å². The maximum absolute atomic E-state index is 5.52. The van der Waals surface area contributed by atoms with E-state index in [0.29, 0.717) is 11.7 Å². The minimum absolute atomic E-state index is 0.140. The second-order valence-electron chi connectivity index (χ2n) is 6.37. The summed E-state index contributed by atoms with van der Waals surface area (Å²) < 4.78 is 10.7. The van der Waals surface area contributed by atoms with Crippen LogP contribution in [0.2, 0.25) is 0 Å². The largest absolute Gasteiger partial charge is 0.383 e. The van der Waals surface area contributed by atoms with Crippen LogP contribution in [0.5, 0.6) is 0 Å². The fourth-order valence-corrected chi connectivity index (χ4v) is 2.98. The quantitative estimate of drug-likeness (QED) is 0.810. The summed E-state index contributed by atoms with van der Waals surface area (Å²) in [6.07, 6.45) is 0. The van der Waals surface area contributed by atoms with Crippen LogP contribution in [-0.2, 0) is 4.74 Å². The lowest BCUT2D eigenvalue weighted by Gasteiger charge is -2.36. The standard InChI is InChI=1S/C18H26N4O2/c1-14-4-6-16(7-5-14)17-19-18(24-20-17)15(2)22-10-8-21(9-11-22)12-13-23-3/h4-7,15H,8-13H2,1-3H3. The van der Waals surface area contributed by atoms with E-state index < -0.39 is 0 Å². The third kappa shape index (κ3) is 4.01. The summed E-state index contributed by atoms with van der Waals surface area (Å²) in [6, 6.07) is 8.33. The van der Waals surface area contributed by atoms with Crippen molar-refractivity contribution in [2.24, 2.45) is 0 Å². The molecule has 3 rings (SSSR count). The molecule has 6 nitrogen and oxygen atoms in total. The zero-order valence-corrected chi connectivity index (χ0v) is 14.7. The first-order valence-corrected chi connectivity index (χ1v) is 8.53. The Morgan fingerprint density at radius 3 is 2.54 bits per heavy atom. The first-order chi connectivity index (χ1) is 11.7. The van der Waals surface area contributed by atoms with E-state index in [1.165, 1.54) is 5.56 Å². The van der Waals surface area contributed by atoms with Crippen LogP contribution in [0, 0.1) is 6.92 Å². The number of ether oxygens (including phenoxy) is 1. The molecule has 0 saturated carbocycles. The summed E-state index contributed by atoms with van der Waals surface area (Å²) >= 11 is 0. The van der Waals surface area contributed by atoms with Gasteiger partial charge >= 0.3 is 0 Å². The van der Waals surface area contributed by atoms with Crippen molar-refractivity contribution in [3.8, 4) is 11.4 Å². The van der Waals surface area contributed by atoms with Gasteiger partial charge in [0.15, 0.2) is 0 Å². The van der Waals surface area contributed by atoms with Gasteiger partial charge < -0.3 is 9.26 Å². The Balaban J connectivity index is 1.60. The molecule has 0 amide bonds. The fourth-order valence-electron chi connectivity index (χ4n) is 2.98.